The highest BCUT2D eigenvalue weighted by atomic mass is 79.9. The van der Waals surface area contributed by atoms with Crippen LogP contribution in [0.2, 0.25) is 0 Å². The maximum atomic E-state index is 13.8. The Balaban J connectivity index is 0.00000220. The number of piperazine rings is 1. The summed E-state index contributed by atoms with van der Waals surface area (Å²) in [5.74, 6) is 0.514. The van der Waals surface area contributed by atoms with E-state index in [2.05, 4.69) is 46.1 Å². The smallest absolute Gasteiger partial charge is 0.137 e. The van der Waals surface area contributed by atoms with Crippen LogP contribution in [0.3, 0.4) is 0 Å². The largest absolute Gasteiger partial charge is 0.314 e. The van der Waals surface area contributed by atoms with Gasteiger partial charge in [-0.3, -0.25) is 4.90 Å². The van der Waals surface area contributed by atoms with Gasteiger partial charge in [-0.05, 0) is 46.3 Å². The van der Waals surface area contributed by atoms with Crippen molar-refractivity contribution in [1.82, 2.24) is 10.2 Å². The maximum Gasteiger partial charge on any atom is 0.137 e. The monoisotopic (exact) mass is 414 g/mol. The van der Waals surface area contributed by atoms with E-state index in [0.29, 0.717) is 16.4 Å². The van der Waals surface area contributed by atoms with E-state index in [1.807, 2.05) is 6.07 Å². The molecule has 6 heteroatoms. The minimum Gasteiger partial charge on any atom is -0.314 e. The summed E-state index contributed by atoms with van der Waals surface area (Å²) >= 11 is 3.44. The van der Waals surface area contributed by atoms with Gasteiger partial charge in [0.2, 0.25) is 0 Å². The molecular weight excluding hydrogens is 390 g/mol. The van der Waals surface area contributed by atoms with Crippen LogP contribution in [0.4, 0.5) is 4.39 Å². The molecule has 0 radical (unpaired) electrons. The lowest BCUT2D eigenvalue weighted by Gasteiger charge is -2.36. The van der Waals surface area contributed by atoms with Crippen molar-refractivity contribution in [3.63, 3.8) is 0 Å². The molecule has 1 atom stereocenters. The minimum atomic E-state index is -0.160. The first-order valence-electron chi connectivity index (χ1n) is 7.48. The highest BCUT2D eigenvalue weighted by molar-refractivity contribution is 9.10. The fraction of sp³-hybridized carbons (Fsp3) is 0.625. The third-order valence-corrected chi connectivity index (χ3v) is 4.79. The quantitative estimate of drug-likeness (QED) is 0.741. The van der Waals surface area contributed by atoms with E-state index in [1.54, 1.807) is 0 Å². The van der Waals surface area contributed by atoms with Gasteiger partial charge in [-0.15, -0.1) is 24.8 Å². The Morgan fingerprint density at radius 3 is 2.41 bits per heavy atom. The summed E-state index contributed by atoms with van der Waals surface area (Å²) in [6, 6.07) is 5.70. The second kappa shape index (κ2) is 10.8. The second-order valence-electron chi connectivity index (χ2n) is 5.92. The predicted molar refractivity (Wildman–Crippen MR) is 99.9 cm³/mol. The molecule has 1 N–H and O–H groups in total. The van der Waals surface area contributed by atoms with Crippen molar-refractivity contribution in [3.8, 4) is 0 Å². The molecular formula is C16H26BrCl2FN2. The fourth-order valence-electron chi connectivity index (χ4n) is 2.80. The number of halogens is 4. The number of hydrogen-bond acceptors (Lipinski definition) is 2. The molecule has 0 bridgehead atoms. The summed E-state index contributed by atoms with van der Waals surface area (Å²) in [6.45, 7) is 8.60. The van der Waals surface area contributed by atoms with Gasteiger partial charge in [-0.1, -0.05) is 26.0 Å². The first-order chi connectivity index (χ1) is 9.59. The van der Waals surface area contributed by atoms with Crippen LogP contribution in [-0.4, -0.2) is 31.1 Å². The summed E-state index contributed by atoms with van der Waals surface area (Å²) in [7, 11) is 0. The fourth-order valence-corrected chi connectivity index (χ4v) is 3.33. The predicted octanol–water partition coefficient (Wildman–Crippen LogP) is 4.81. The summed E-state index contributed by atoms with van der Waals surface area (Å²) in [5, 5.41) is 3.38. The lowest BCUT2D eigenvalue weighted by Crippen LogP contribution is -2.45. The van der Waals surface area contributed by atoms with Crippen LogP contribution >= 0.6 is 40.7 Å². The highest BCUT2D eigenvalue weighted by Crippen LogP contribution is 2.34. The van der Waals surface area contributed by atoms with Gasteiger partial charge in [-0.25, -0.2) is 4.39 Å². The Bertz CT molecular complexity index is 440. The molecule has 2 rings (SSSR count). The molecule has 2 nitrogen and oxygen atoms in total. The Hall–Kier alpha value is 0.130. The molecule has 1 aliphatic heterocycles. The molecule has 0 aliphatic carbocycles. The molecule has 1 heterocycles. The third-order valence-electron chi connectivity index (χ3n) is 3.95. The van der Waals surface area contributed by atoms with E-state index in [9.17, 15) is 4.39 Å². The van der Waals surface area contributed by atoms with Crippen molar-refractivity contribution in [2.75, 3.05) is 26.2 Å². The molecule has 1 aromatic rings. The van der Waals surface area contributed by atoms with E-state index >= 15 is 0 Å². The number of nitrogens with one attached hydrogen (secondary N) is 1. The lowest BCUT2D eigenvalue weighted by atomic mass is 9.95. The molecule has 0 saturated carbocycles. The number of hydrogen-bond donors (Lipinski definition) is 1. The SMILES string of the molecule is CC(C)CC[C@@H](c1cccc(F)c1Br)N1CCNCC1.Cl.Cl. The highest BCUT2D eigenvalue weighted by Gasteiger charge is 2.24. The molecule has 1 fully saturated rings. The van der Waals surface area contributed by atoms with Gasteiger partial charge in [0.1, 0.15) is 5.82 Å². The summed E-state index contributed by atoms with van der Waals surface area (Å²) in [6.07, 6.45) is 2.25. The molecule has 22 heavy (non-hydrogen) atoms. The zero-order chi connectivity index (χ0) is 14.5. The Kier molecular flexibility index (Phi) is 10.9. The summed E-state index contributed by atoms with van der Waals surface area (Å²) in [4.78, 5) is 2.48. The van der Waals surface area contributed by atoms with E-state index in [4.69, 9.17) is 0 Å². The van der Waals surface area contributed by atoms with Gasteiger partial charge >= 0.3 is 0 Å². The van der Waals surface area contributed by atoms with Crippen molar-refractivity contribution < 1.29 is 4.39 Å². The van der Waals surface area contributed by atoms with Crippen LogP contribution in [0.1, 0.15) is 38.3 Å². The van der Waals surface area contributed by atoms with Gasteiger partial charge in [0, 0.05) is 32.2 Å². The van der Waals surface area contributed by atoms with Crippen LogP contribution in [0.25, 0.3) is 0 Å². The Morgan fingerprint density at radius 2 is 1.82 bits per heavy atom. The normalized spacial score (nSPS) is 16.8. The van der Waals surface area contributed by atoms with E-state index in [0.717, 1.165) is 44.6 Å². The van der Waals surface area contributed by atoms with Crippen LogP contribution in [0.15, 0.2) is 22.7 Å². The number of rotatable bonds is 5. The average Bonchev–Trinajstić information content (AvgIpc) is 2.44. The van der Waals surface area contributed by atoms with E-state index < -0.39 is 0 Å². The van der Waals surface area contributed by atoms with Crippen LogP contribution in [0.5, 0.6) is 0 Å². The van der Waals surface area contributed by atoms with Crippen molar-refractivity contribution in [1.29, 1.82) is 0 Å². The molecule has 0 unspecified atom stereocenters. The summed E-state index contributed by atoms with van der Waals surface area (Å²) in [5.41, 5.74) is 1.09. The zero-order valence-corrected chi connectivity index (χ0v) is 16.4. The second-order valence-corrected chi connectivity index (χ2v) is 6.71. The van der Waals surface area contributed by atoms with Gasteiger partial charge in [0.25, 0.3) is 0 Å². The molecule has 0 spiro atoms. The van der Waals surface area contributed by atoms with E-state index in [-0.39, 0.29) is 30.6 Å². The number of benzene rings is 1. The molecule has 0 aromatic heterocycles. The van der Waals surface area contributed by atoms with Gasteiger partial charge in [0.05, 0.1) is 4.47 Å². The third kappa shape index (κ3) is 5.97. The van der Waals surface area contributed by atoms with Crippen LogP contribution in [-0.2, 0) is 0 Å². The molecule has 128 valence electrons. The first-order valence-corrected chi connectivity index (χ1v) is 8.27. The molecule has 1 aromatic carbocycles. The maximum absolute atomic E-state index is 13.8. The molecule has 1 aliphatic rings. The van der Waals surface area contributed by atoms with Crippen molar-refractivity contribution in [2.45, 2.75) is 32.7 Å². The van der Waals surface area contributed by atoms with Gasteiger partial charge in [0.15, 0.2) is 0 Å². The summed E-state index contributed by atoms with van der Waals surface area (Å²) < 4.78 is 14.5. The van der Waals surface area contributed by atoms with Crippen LogP contribution < -0.4 is 5.32 Å². The van der Waals surface area contributed by atoms with Crippen LogP contribution in [0, 0.1) is 11.7 Å². The first kappa shape index (κ1) is 22.1. The minimum absolute atomic E-state index is 0. The number of nitrogens with zero attached hydrogens (tertiary/aromatic N) is 1. The average molecular weight is 416 g/mol. The molecule has 0 amide bonds. The zero-order valence-electron chi connectivity index (χ0n) is 13.1. The molecule has 1 saturated heterocycles. The van der Waals surface area contributed by atoms with Crippen molar-refractivity contribution in [3.05, 3.63) is 34.1 Å². The van der Waals surface area contributed by atoms with Gasteiger partial charge < -0.3 is 5.32 Å². The topological polar surface area (TPSA) is 15.3 Å². The van der Waals surface area contributed by atoms with E-state index in [1.165, 1.54) is 6.07 Å². The Labute approximate surface area is 154 Å². The van der Waals surface area contributed by atoms with Crippen molar-refractivity contribution in [2.24, 2.45) is 5.92 Å². The Morgan fingerprint density at radius 1 is 1.18 bits per heavy atom. The standard InChI is InChI=1S/C16H24BrFN2.2ClH/c1-12(2)6-7-15(20-10-8-19-9-11-20)13-4-3-5-14(18)16(13)17;;/h3-5,12,15,19H,6-11H2,1-2H3;2*1H/t15-;;/m0../s1. The van der Waals surface area contributed by atoms with Crippen molar-refractivity contribution >= 4 is 40.7 Å². The lowest BCUT2D eigenvalue weighted by molar-refractivity contribution is 0.159. The van der Waals surface area contributed by atoms with Gasteiger partial charge in [-0.2, -0.15) is 0 Å².